The van der Waals surface area contributed by atoms with Crippen LogP contribution >= 0.6 is 22.6 Å². The minimum Gasteiger partial charge on any atom is -0.336 e. The third-order valence-corrected chi connectivity index (χ3v) is 1.68. The SMILES string of the molecule is C=C1C=C(I)N=CN1C. The zero-order valence-corrected chi connectivity index (χ0v) is 7.29. The van der Waals surface area contributed by atoms with Gasteiger partial charge >= 0.3 is 0 Å². The van der Waals surface area contributed by atoms with E-state index in [4.69, 9.17) is 0 Å². The molecule has 0 radical (unpaired) electrons. The Morgan fingerprint density at radius 2 is 2.44 bits per heavy atom. The van der Waals surface area contributed by atoms with Crippen LogP contribution in [0, 0.1) is 0 Å². The van der Waals surface area contributed by atoms with Gasteiger partial charge in [-0.05, 0) is 28.7 Å². The summed E-state index contributed by atoms with van der Waals surface area (Å²) in [5.74, 6) is 0. The molecule has 2 nitrogen and oxygen atoms in total. The Hall–Kier alpha value is -0.320. The Balaban J connectivity index is 2.82. The summed E-state index contributed by atoms with van der Waals surface area (Å²) in [5, 5.41) is 0. The maximum atomic E-state index is 4.05. The molecule has 48 valence electrons. The number of hydrogen-bond donors (Lipinski definition) is 0. The molecule has 0 amide bonds. The average Bonchev–Trinajstić information content (AvgIpc) is 1.80. The first-order chi connectivity index (χ1) is 4.20. The highest BCUT2D eigenvalue weighted by Gasteiger charge is 2.00. The van der Waals surface area contributed by atoms with E-state index in [0.29, 0.717) is 0 Å². The summed E-state index contributed by atoms with van der Waals surface area (Å²) in [6.07, 6.45) is 3.69. The molecule has 0 spiro atoms. The number of halogens is 1. The van der Waals surface area contributed by atoms with Gasteiger partial charge in [-0.15, -0.1) is 0 Å². The Bertz CT molecular complexity index is 193. The fourth-order valence-electron chi connectivity index (χ4n) is 0.492. The van der Waals surface area contributed by atoms with Crippen molar-refractivity contribution in [1.82, 2.24) is 4.90 Å². The van der Waals surface area contributed by atoms with Crippen molar-refractivity contribution in [3.8, 4) is 0 Å². The number of allylic oxidation sites excluding steroid dienone is 1. The minimum atomic E-state index is 0.981. The molecule has 9 heavy (non-hydrogen) atoms. The maximum absolute atomic E-state index is 4.05. The van der Waals surface area contributed by atoms with Crippen LogP contribution in [0.15, 0.2) is 27.0 Å². The van der Waals surface area contributed by atoms with Crippen molar-refractivity contribution in [2.45, 2.75) is 0 Å². The van der Waals surface area contributed by atoms with Crippen LogP contribution in [0.3, 0.4) is 0 Å². The lowest BCUT2D eigenvalue weighted by Crippen LogP contribution is -2.15. The van der Waals surface area contributed by atoms with Crippen LogP contribution < -0.4 is 0 Å². The molecule has 0 bridgehead atoms. The molecule has 0 aliphatic carbocycles. The van der Waals surface area contributed by atoms with Crippen molar-refractivity contribution >= 4 is 28.9 Å². The second kappa shape index (κ2) is 2.51. The van der Waals surface area contributed by atoms with Gasteiger partial charge in [-0.2, -0.15) is 0 Å². The van der Waals surface area contributed by atoms with E-state index in [9.17, 15) is 0 Å². The zero-order chi connectivity index (χ0) is 6.85. The molecule has 0 saturated carbocycles. The van der Waals surface area contributed by atoms with Crippen molar-refractivity contribution in [2.75, 3.05) is 7.05 Å². The van der Waals surface area contributed by atoms with Gasteiger partial charge in [0.15, 0.2) is 0 Å². The third kappa shape index (κ3) is 1.54. The van der Waals surface area contributed by atoms with E-state index in [2.05, 4.69) is 34.2 Å². The Labute approximate surface area is 68.1 Å². The Morgan fingerprint density at radius 1 is 1.78 bits per heavy atom. The van der Waals surface area contributed by atoms with E-state index >= 15 is 0 Å². The molecule has 0 atom stereocenters. The van der Waals surface area contributed by atoms with Gasteiger partial charge in [-0.1, -0.05) is 6.58 Å². The van der Waals surface area contributed by atoms with Crippen molar-refractivity contribution in [3.63, 3.8) is 0 Å². The highest BCUT2D eigenvalue weighted by Crippen LogP contribution is 2.15. The molecule has 0 aromatic carbocycles. The molecule has 0 fully saturated rings. The summed E-state index contributed by atoms with van der Waals surface area (Å²) in [5.41, 5.74) is 0.981. The van der Waals surface area contributed by atoms with Crippen LogP contribution in [0.4, 0.5) is 0 Å². The van der Waals surface area contributed by atoms with Gasteiger partial charge in [0, 0.05) is 12.7 Å². The highest BCUT2D eigenvalue weighted by molar-refractivity contribution is 14.1. The Morgan fingerprint density at radius 3 is 2.89 bits per heavy atom. The van der Waals surface area contributed by atoms with Gasteiger partial charge in [0.2, 0.25) is 0 Å². The average molecular weight is 234 g/mol. The molecule has 1 heterocycles. The predicted octanol–water partition coefficient (Wildman–Crippen LogP) is 1.75. The highest BCUT2D eigenvalue weighted by atomic mass is 127. The second-order valence-electron chi connectivity index (χ2n) is 1.81. The lowest BCUT2D eigenvalue weighted by molar-refractivity contribution is 0.663. The summed E-state index contributed by atoms with van der Waals surface area (Å²) in [4.78, 5) is 5.93. The number of hydrogen-bond acceptors (Lipinski definition) is 2. The van der Waals surface area contributed by atoms with Crippen LogP contribution in [0.2, 0.25) is 0 Å². The van der Waals surface area contributed by atoms with Gasteiger partial charge < -0.3 is 4.90 Å². The smallest absolute Gasteiger partial charge is 0.105 e. The monoisotopic (exact) mass is 234 g/mol. The third-order valence-electron chi connectivity index (χ3n) is 1.09. The Kier molecular flexibility index (Phi) is 1.90. The van der Waals surface area contributed by atoms with Crippen molar-refractivity contribution < 1.29 is 0 Å². The molecule has 0 saturated heterocycles. The topological polar surface area (TPSA) is 15.6 Å². The molecule has 0 aromatic heterocycles. The molecule has 1 aliphatic heterocycles. The van der Waals surface area contributed by atoms with E-state index in [-0.39, 0.29) is 0 Å². The minimum absolute atomic E-state index is 0.981. The number of likely N-dealkylation sites (N-methyl/N-ethyl adjacent to an activating group) is 1. The van der Waals surface area contributed by atoms with E-state index in [1.54, 1.807) is 6.34 Å². The van der Waals surface area contributed by atoms with Crippen molar-refractivity contribution in [1.29, 1.82) is 0 Å². The lowest BCUT2D eigenvalue weighted by atomic mass is 10.4. The molecule has 3 heteroatoms. The summed E-state index contributed by atoms with van der Waals surface area (Å²) in [6.45, 7) is 3.80. The van der Waals surface area contributed by atoms with Crippen molar-refractivity contribution in [2.24, 2.45) is 4.99 Å². The summed E-state index contributed by atoms with van der Waals surface area (Å²) in [7, 11) is 1.92. The van der Waals surface area contributed by atoms with Gasteiger partial charge in [0.1, 0.15) is 3.70 Å². The normalized spacial score (nSPS) is 18.2. The molecule has 0 unspecified atom stereocenters. The van der Waals surface area contributed by atoms with Crippen LogP contribution in [-0.4, -0.2) is 18.3 Å². The summed E-state index contributed by atoms with van der Waals surface area (Å²) < 4.78 is 0.982. The maximum Gasteiger partial charge on any atom is 0.105 e. The van der Waals surface area contributed by atoms with Crippen LogP contribution in [-0.2, 0) is 0 Å². The van der Waals surface area contributed by atoms with Gasteiger partial charge in [0.25, 0.3) is 0 Å². The van der Waals surface area contributed by atoms with E-state index in [1.165, 1.54) is 0 Å². The number of rotatable bonds is 0. The summed E-state index contributed by atoms with van der Waals surface area (Å²) in [6, 6.07) is 0. The lowest BCUT2D eigenvalue weighted by Gasteiger charge is -2.15. The first kappa shape index (κ1) is 6.80. The van der Waals surface area contributed by atoms with Gasteiger partial charge in [0.05, 0.1) is 6.34 Å². The largest absolute Gasteiger partial charge is 0.336 e. The number of nitrogens with zero attached hydrogens (tertiary/aromatic N) is 2. The van der Waals surface area contributed by atoms with Crippen LogP contribution in [0.5, 0.6) is 0 Å². The zero-order valence-electron chi connectivity index (χ0n) is 5.13. The summed E-state index contributed by atoms with van der Waals surface area (Å²) >= 11 is 2.16. The van der Waals surface area contributed by atoms with Crippen LogP contribution in [0.25, 0.3) is 0 Å². The fourth-order valence-corrected chi connectivity index (χ4v) is 0.977. The first-order valence-electron chi connectivity index (χ1n) is 2.53. The molecular formula is C6H7IN2. The second-order valence-corrected chi connectivity index (χ2v) is 2.92. The van der Waals surface area contributed by atoms with E-state index < -0.39 is 0 Å². The molecule has 1 rings (SSSR count). The first-order valence-corrected chi connectivity index (χ1v) is 3.61. The molecular weight excluding hydrogens is 227 g/mol. The molecule has 0 N–H and O–H groups in total. The standard InChI is InChI=1S/C6H7IN2/c1-5-3-6(7)8-4-9(5)2/h3-4H,1H2,2H3. The van der Waals surface area contributed by atoms with Crippen LogP contribution in [0.1, 0.15) is 0 Å². The van der Waals surface area contributed by atoms with Crippen molar-refractivity contribution in [3.05, 3.63) is 22.1 Å². The van der Waals surface area contributed by atoms with Gasteiger partial charge in [-0.3, -0.25) is 0 Å². The molecule has 0 aromatic rings. The predicted molar refractivity (Wildman–Crippen MR) is 47.5 cm³/mol. The fraction of sp³-hybridized carbons (Fsp3) is 0.167. The molecule has 1 aliphatic rings. The quantitative estimate of drug-likeness (QED) is 0.460. The van der Waals surface area contributed by atoms with Gasteiger partial charge in [-0.25, -0.2) is 4.99 Å². The van der Waals surface area contributed by atoms with E-state index in [0.717, 1.165) is 9.40 Å². The van der Waals surface area contributed by atoms with E-state index in [1.807, 2.05) is 18.0 Å². The number of aliphatic imine (C=N–C) groups is 1.